The van der Waals surface area contributed by atoms with E-state index in [-0.39, 0.29) is 29.9 Å². The molecule has 6 nitrogen and oxygen atoms in total. The Morgan fingerprint density at radius 1 is 1.24 bits per heavy atom. The van der Waals surface area contributed by atoms with Crippen molar-refractivity contribution in [2.45, 2.75) is 43.5 Å². The van der Waals surface area contributed by atoms with E-state index in [0.717, 1.165) is 6.07 Å². The lowest BCUT2D eigenvalue weighted by Gasteiger charge is -2.45. The molecular weight excluding hydrogens is 396 g/mol. The molecule has 0 bridgehead atoms. The zero-order valence-electron chi connectivity index (χ0n) is 15.4. The molecule has 1 spiro atoms. The molecule has 1 N–H and O–H groups in total. The fraction of sp³-hybridized carbons (Fsp3) is 0.579. The Bertz CT molecular complexity index is 815. The Hall–Kier alpha value is -2.52. The standard InChI is InChI=1S/C19H20F4N2O4/c20-15-13(2-1-3-14(15)29-19(21,22)23)11-4-6-25(7-5-11)16(26)12-8-18(9-12)10-28-17(27)24-18/h1-3,11-12H,4-10H2,(H,24,27). The zero-order valence-corrected chi connectivity index (χ0v) is 15.4. The molecule has 1 aromatic rings. The minimum Gasteiger partial charge on any atom is -0.447 e. The Kier molecular flexibility index (Phi) is 4.82. The SMILES string of the molecule is O=C1NC2(CO1)CC(C(=O)N1CCC(c3cccc(OC(F)(F)F)c3F)CC1)C2. The van der Waals surface area contributed by atoms with Crippen LogP contribution in [0.4, 0.5) is 22.4 Å². The summed E-state index contributed by atoms with van der Waals surface area (Å²) in [4.78, 5) is 25.6. The summed E-state index contributed by atoms with van der Waals surface area (Å²) in [5, 5.41) is 2.75. The van der Waals surface area contributed by atoms with Gasteiger partial charge in [0, 0.05) is 19.0 Å². The summed E-state index contributed by atoms with van der Waals surface area (Å²) < 4.78 is 60.4. The average Bonchev–Trinajstić information content (AvgIpc) is 3.03. The van der Waals surface area contributed by atoms with Gasteiger partial charge in [0.1, 0.15) is 6.61 Å². The molecule has 0 atom stereocenters. The van der Waals surface area contributed by atoms with Crippen molar-refractivity contribution < 1.29 is 36.6 Å². The van der Waals surface area contributed by atoms with E-state index in [1.807, 2.05) is 0 Å². The van der Waals surface area contributed by atoms with Crippen LogP contribution in [-0.2, 0) is 9.53 Å². The summed E-state index contributed by atoms with van der Waals surface area (Å²) in [6, 6.07) is 3.74. The van der Waals surface area contributed by atoms with Gasteiger partial charge in [-0.25, -0.2) is 9.18 Å². The van der Waals surface area contributed by atoms with Crippen LogP contribution in [0.2, 0.25) is 0 Å². The summed E-state index contributed by atoms with van der Waals surface area (Å²) in [5.41, 5.74) is -0.259. The maximum absolute atomic E-state index is 14.5. The fourth-order valence-corrected chi connectivity index (χ4v) is 4.49. The topological polar surface area (TPSA) is 67.9 Å². The number of halogens is 4. The summed E-state index contributed by atoms with van der Waals surface area (Å²) >= 11 is 0. The Balaban J connectivity index is 1.34. The van der Waals surface area contributed by atoms with Crippen LogP contribution in [-0.4, -0.2) is 48.5 Å². The Labute approximate surface area is 164 Å². The van der Waals surface area contributed by atoms with Crippen molar-refractivity contribution in [3.05, 3.63) is 29.6 Å². The van der Waals surface area contributed by atoms with Gasteiger partial charge in [0.25, 0.3) is 0 Å². The Morgan fingerprint density at radius 2 is 1.93 bits per heavy atom. The van der Waals surface area contributed by atoms with Crippen LogP contribution in [0.5, 0.6) is 5.75 Å². The van der Waals surface area contributed by atoms with Crippen LogP contribution < -0.4 is 10.1 Å². The lowest BCUT2D eigenvalue weighted by atomic mass is 9.68. The number of rotatable bonds is 3. The number of nitrogens with zero attached hydrogens (tertiary/aromatic N) is 1. The van der Waals surface area contributed by atoms with Crippen LogP contribution in [0.25, 0.3) is 0 Å². The summed E-state index contributed by atoms with van der Waals surface area (Å²) in [5.74, 6) is -2.33. The summed E-state index contributed by atoms with van der Waals surface area (Å²) in [6.07, 6.45) is -3.45. The van der Waals surface area contributed by atoms with Crippen molar-refractivity contribution in [3.63, 3.8) is 0 Å². The molecule has 2 heterocycles. The molecule has 2 aliphatic heterocycles. The van der Waals surface area contributed by atoms with E-state index < -0.39 is 29.6 Å². The number of amides is 2. The second-order valence-corrected chi connectivity index (χ2v) is 7.89. The number of piperidine rings is 1. The number of carbonyl (C=O) groups excluding carboxylic acids is 2. The van der Waals surface area contributed by atoms with Crippen molar-refractivity contribution in [3.8, 4) is 5.75 Å². The molecule has 0 radical (unpaired) electrons. The lowest BCUT2D eigenvalue weighted by Crippen LogP contribution is -2.58. The van der Waals surface area contributed by atoms with Gasteiger partial charge in [0.15, 0.2) is 11.6 Å². The molecule has 10 heteroatoms. The molecule has 0 unspecified atom stereocenters. The van der Waals surface area contributed by atoms with Crippen molar-refractivity contribution >= 4 is 12.0 Å². The van der Waals surface area contributed by atoms with Gasteiger partial charge >= 0.3 is 12.5 Å². The fourth-order valence-electron chi connectivity index (χ4n) is 4.49. The van der Waals surface area contributed by atoms with Crippen LogP contribution in [0.1, 0.15) is 37.2 Å². The highest BCUT2D eigenvalue weighted by Crippen LogP contribution is 2.42. The second-order valence-electron chi connectivity index (χ2n) is 7.89. The maximum Gasteiger partial charge on any atom is 0.573 e. The van der Waals surface area contributed by atoms with Gasteiger partial charge in [0.2, 0.25) is 5.91 Å². The highest BCUT2D eigenvalue weighted by molar-refractivity contribution is 5.81. The summed E-state index contributed by atoms with van der Waals surface area (Å²) in [6.45, 7) is 1.08. The predicted octanol–water partition coefficient (Wildman–Crippen LogP) is 3.32. The van der Waals surface area contributed by atoms with Crippen molar-refractivity contribution in [1.29, 1.82) is 0 Å². The average molecular weight is 416 g/mol. The summed E-state index contributed by atoms with van der Waals surface area (Å²) in [7, 11) is 0. The van der Waals surface area contributed by atoms with Gasteiger partial charge in [-0.05, 0) is 43.2 Å². The molecule has 1 saturated carbocycles. The molecule has 29 heavy (non-hydrogen) atoms. The predicted molar refractivity (Wildman–Crippen MR) is 91.6 cm³/mol. The number of ether oxygens (including phenoxy) is 2. The maximum atomic E-state index is 14.5. The third-order valence-electron chi connectivity index (χ3n) is 5.94. The van der Waals surface area contributed by atoms with E-state index in [9.17, 15) is 27.2 Å². The molecule has 3 aliphatic rings. The van der Waals surface area contributed by atoms with Gasteiger partial charge in [-0.1, -0.05) is 12.1 Å². The van der Waals surface area contributed by atoms with Crippen LogP contribution in [0.15, 0.2) is 18.2 Å². The molecular formula is C19H20F4N2O4. The minimum absolute atomic E-state index is 0.00940. The number of alkyl carbamates (subject to hydrolysis) is 1. The van der Waals surface area contributed by atoms with Crippen molar-refractivity contribution in [1.82, 2.24) is 10.2 Å². The molecule has 4 rings (SSSR count). The first-order valence-corrected chi connectivity index (χ1v) is 9.44. The zero-order chi connectivity index (χ0) is 20.8. The molecule has 158 valence electrons. The van der Waals surface area contributed by atoms with E-state index in [1.54, 1.807) is 4.90 Å². The largest absolute Gasteiger partial charge is 0.573 e. The molecule has 2 amide bonds. The lowest BCUT2D eigenvalue weighted by molar-refractivity contribution is -0.275. The molecule has 1 aliphatic carbocycles. The molecule has 2 saturated heterocycles. The number of cyclic esters (lactones) is 1. The molecule has 1 aromatic carbocycles. The normalized spacial score (nSPS) is 27.4. The van der Waals surface area contributed by atoms with Gasteiger partial charge < -0.3 is 19.7 Å². The van der Waals surface area contributed by atoms with Gasteiger partial charge in [-0.2, -0.15) is 0 Å². The second kappa shape index (κ2) is 7.07. The van der Waals surface area contributed by atoms with E-state index in [1.165, 1.54) is 12.1 Å². The number of alkyl halides is 3. The van der Waals surface area contributed by atoms with Gasteiger partial charge in [0.05, 0.1) is 5.54 Å². The monoisotopic (exact) mass is 416 g/mol. The first-order chi connectivity index (χ1) is 13.7. The smallest absolute Gasteiger partial charge is 0.447 e. The minimum atomic E-state index is -4.96. The molecule has 3 fully saturated rings. The number of benzene rings is 1. The number of nitrogens with one attached hydrogen (secondary N) is 1. The van der Waals surface area contributed by atoms with E-state index in [4.69, 9.17) is 4.74 Å². The quantitative estimate of drug-likeness (QED) is 0.768. The van der Waals surface area contributed by atoms with Gasteiger partial charge in [-0.15, -0.1) is 13.2 Å². The van der Waals surface area contributed by atoms with Gasteiger partial charge in [-0.3, -0.25) is 4.79 Å². The van der Waals surface area contributed by atoms with Crippen molar-refractivity contribution in [2.24, 2.45) is 5.92 Å². The number of carbonyl (C=O) groups is 2. The number of hydrogen-bond donors (Lipinski definition) is 1. The number of hydrogen-bond acceptors (Lipinski definition) is 4. The van der Waals surface area contributed by atoms with E-state index in [0.29, 0.717) is 38.8 Å². The highest BCUT2D eigenvalue weighted by Gasteiger charge is 2.53. The highest BCUT2D eigenvalue weighted by atomic mass is 19.4. The third-order valence-corrected chi connectivity index (χ3v) is 5.94. The third kappa shape index (κ3) is 3.97. The first kappa shape index (κ1) is 19.8. The van der Waals surface area contributed by atoms with Crippen molar-refractivity contribution in [2.75, 3.05) is 19.7 Å². The van der Waals surface area contributed by atoms with E-state index in [2.05, 4.69) is 10.1 Å². The molecule has 0 aromatic heterocycles. The van der Waals surface area contributed by atoms with E-state index >= 15 is 0 Å². The Morgan fingerprint density at radius 3 is 2.52 bits per heavy atom. The van der Waals surface area contributed by atoms with Crippen LogP contribution >= 0.6 is 0 Å². The first-order valence-electron chi connectivity index (χ1n) is 9.44. The van der Waals surface area contributed by atoms with Crippen LogP contribution in [0, 0.1) is 11.7 Å². The van der Waals surface area contributed by atoms with Crippen LogP contribution in [0.3, 0.4) is 0 Å². The number of likely N-dealkylation sites (tertiary alicyclic amines) is 1.